The van der Waals surface area contributed by atoms with E-state index < -0.39 is 21.4 Å². The van der Waals surface area contributed by atoms with Crippen molar-refractivity contribution in [1.29, 1.82) is 0 Å². The highest BCUT2D eigenvalue weighted by molar-refractivity contribution is 7.86. The molecule has 0 aliphatic heterocycles. The predicted molar refractivity (Wildman–Crippen MR) is 66.9 cm³/mol. The Kier molecular flexibility index (Phi) is 4.27. The van der Waals surface area contributed by atoms with E-state index in [2.05, 4.69) is 0 Å². The highest BCUT2D eigenvalue weighted by Gasteiger charge is 2.34. The molecule has 17 heavy (non-hydrogen) atoms. The molecule has 0 aliphatic rings. The van der Waals surface area contributed by atoms with Crippen molar-refractivity contribution in [2.45, 2.75) is 19.8 Å². The second-order valence-corrected chi connectivity index (χ2v) is 6.24. The number of benzene rings is 1. The summed E-state index contributed by atoms with van der Waals surface area (Å²) in [5.74, 6) is -0.703. The Morgan fingerprint density at radius 2 is 1.82 bits per heavy atom. The van der Waals surface area contributed by atoms with Gasteiger partial charge < -0.3 is 5.73 Å². The van der Waals surface area contributed by atoms with Crippen LogP contribution in [0.5, 0.6) is 0 Å². The molecule has 0 amide bonds. The maximum Gasteiger partial charge on any atom is 0.302 e. The molecule has 5 heteroatoms. The van der Waals surface area contributed by atoms with Gasteiger partial charge >= 0.3 is 10.2 Å². The van der Waals surface area contributed by atoms with Crippen LogP contribution in [0.1, 0.15) is 25.3 Å². The lowest BCUT2D eigenvalue weighted by atomic mass is 9.76. The van der Waals surface area contributed by atoms with E-state index >= 15 is 0 Å². The van der Waals surface area contributed by atoms with Gasteiger partial charge in [0.25, 0.3) is 0 Å². The zero-order valence-corrected chi connectivity index (χ0v) is 10.9. The molecule has 3 nitrogen and oxygen atoms in total. The first-order valence-electron chi connectivity index (χ1n) is 5.43. The zero-order valence-electron chi connectivity index (χ0n) is 10.1. The van der Waals surface area contributed by atoms with Gasteiger partial charge in [-0.2, -0.15) is 8.42 Å². The third kappa shape index (κ3) is 4.09. The number of nitrogens with two attached hydrogens (primary N) is 1. The van der Waals surface area contributed by atoms with Crippen LogP contribution >= 0.6 is 0 Å². The molecule has 1 atom stereocenters. The molecule has 0 aromatic heterocycles. The lowest BCUT2D eigenvalue weighted by Crippen LogP contribution is -2.33. The Hall–Kier alpha value is -0.940. The quantitative estimate of drug-likeness (QED) is 0.823. The van der Waals surface area contributed by atoms with Gasteiger partial charge in [-0.05, 0) is 17.5 Å². The van der Waals surface area contributed by atoms with E-state index in [9.17, 15) is 12.3 Å². The first-order chi connectivity index (χ1) is 7.76. The number of halogens is 1. The smallest absolute Gasteiger partial charge is 0.302 e. The maximum atomic E-state index is 12.8. The van der Waals surface area contributed by atoms with Crippen molar-refractivity contribution in [1.82, 2.24) is 0 Å². The summed E-state index contributed by atoms with van der Waals surface area (Å²) >= 11 is 0. The molecule has 1 rings (SSSR count). The predicted octanol–water partition coefficient (Wildman–Crippen LogP) is 2.05. The molecule has 0 saturated heterocycles. The van der Waals surface area contributed by atoms with Crippen LogP contribution in [0.2, 0.25) is 0 Å². The summed E-state index contributed by atoms with van der Waals surface area (Å²) in [4.78, 5) is 0. The number of hydrogen-bond acceptors (Lipinski definition) is 3. The fraction of sp³-hybridized carbons (Fsp3) is 0.500. The van der Waals surface area contributed by atoms with Crippen LogP contribution in [0.3, 0.4) is 0 Å². The van der Waals surface area contributed by atoms with Crippen LogP contribution < -0.4 is 5.73 Å². The van der Waals surface area contributed by atoms with Gasteiger partial charge in [-0.3, -0.25) is 0 Å². The van der Waals surface area contributed by atoms with E-state index in [0.717, 1.165) is 5.56 Å². The summed E-state index contributed by atoms with van der Waals surface area (Å²) in [7, 11) is -4.50. The fourth-order valence-corrected chi connectivity index (χ4v) is 3.23. The van der Waals surface area contributed by atoms with E-state index in [-0.39, 0.29) is 12.5 Å². The van der Waals surface area contributed by atoms with E-state index in [4.69, 9.17) is 5.73 Å². The second kappa shape index (κ2) is 5.14. The van der Waals surface area contributed by atoms with Crippen LogP contribution in [0.25, 0.3) is 0 Å². The molecular formula is C12H18FNO2S. The van der Waals surface area contributed by atoms with Crippen LogP contribution in [0.4, 0.5) is 3.89 Å². The molecule has 0 fully saturated rings. The largest absolute Gasteiger partial charge is 0.330 e. The standard InChI is InChI=1S/C12H18FNO2S/c1-12(2,9-17(13,15)16)11(8-14)10-6-4-3-5-7-10/h3-7,11H,8-9,14H2,1-2H3. The first-order valence-corrected chi connectivity index (χ1v) is 6.99. The Morgan fingerprint density at radius 1 is 1.29 bits per heavy atom. The van der Waals surface area contributed by atoms with Crippen LogP contribution in [-0.2, 0) is 10.2 Å². The van der Waals surface area contributed by atoms with Gasteiger partial charge in [0.15, 0.2) is 0 Å². The van der Waals surface area contributed by atoms with Crippen molar-refractivity contribution in [3.63, 3.8) is 0 Å². The van der Waals surface area contributed by atoms with Crippen LogP contribution in [0, 0.1) is 5.41 Å². The Balaban J connectivity index is 3.02. The monoisotopic (exact) mass is 259 g/mol. The minimum atomic E-state index is -4.50. The molecule has 0 heterocycles. The van der Waals surface area contributed by atoms with E-state index in [1.54, 1.807) is 13.8 Å². The van der Waals surface area contributed by atoms with Crippen molar-refractivity contribution in [3.8, 4) is 0 Å². The SMILES string of the molecule is CC(C)(CS(=O)(=O)F)C(CN)c1ccccc1. The van der Waals surface area contributed by atoms with Gasteiger partial charge in [-0.1, -0.05) is 44.2 Å². The zero-order chi connectivity index (χ0) is 13.1. The van der Waals surface area contributed by atoms with E-state index in [1.165, 1.54) is 0 Å². The molecule has 0 radical (unpaired) electrons. The molecule has 0 bridgehead atoms. The molecule has 0 saturated carbocycles. The fourth-order valence-electron chi connectivity index (χ4n) is 2.14. The van der Waals surface area contributed by atoms with Gasteiger partial charge in [0.05, 0.1) is 5.75 Å². The summed E-state index contributed by atoms with van der Waals surface area (Å²) < 4.78 is 34.4. The summed E-state index contributed by atoms with van der Waals surface area (Å²) in [5.41, 5.74) is 5.89. The summed E-state index contributed by atoms with van der Waals surface area (Å²) in [6.07, 6.45) is 0. The molecule has 0 spiro atoms. The van der Waals surface area contributed by atoms with E-state index in [0.29, 0.717) is 0 Å². The van der Waals surface area contributed by atoms with Crippen molar-refractivity contribution in [2.24, 2.45) is 11.1 Å². The van der Waals surface area contributed by atoms with Crippen molar-refractivity contribution in [3.05, 3.63) is 35.9 Å². The molecular weight excluding hydrogens is 241 g/mol. The van der Waals surface area contributed by atoms with Gasteiger partial charge in [-0.15, -0.1) is 3.89 Å². The van der Waals surface area contributed by atoms with Crippen LogP contribution in [0.15, 0.2) is 30.3 Å². The second-order valence-electron chi connectivity index (χ2n) is 4.87. The lowest BCUT2D eigenvalue weighted by molar-refractivity contribution is 0.323. The summed E-state index contributed by atoms with van der Waals surface area (Å²) in [5, 5.41) is 0. The highest BCUT2D eigenvalue weighted by Crippen LogP contribution is 2.36. The van der Waals surface area contributed by atoms with Crippen molar-refractivity contribution >= 4 is 10.2 Å². The summed E-state index contributed by atoms with van der Waals surface area (Å²) in [6, 6.07) is 9.35. The summed E-state index contributed by atoms with van der Waals surface area (Å²) in [6.45, 7) is 3.72. The third-order valence-corrected chi connectivity index (χ3v) is 4.01. The van der Waals surface area contributed by atoms with Crippen molar-refractivity contribution < 1.29 is 12.3 Å². The number of rotatable bonds is 5. The van der Waals surface area contributed by atoms with Gasteiger partial charge in [0.1, 0.15) is 0 Å². The molecule has 0 aliphatic carbocycles. The molecule has 1 aromatic rings. The minimum absolute atomic E-state index is 0.186. The van der Waals surface area contributed by atoms with Gasteiger partial charge in [0, 0.05) is 5.92 Å². The minimum Gasteiger partial charge on any atom is -0.330 e. The Labute approximate surface area is 102 Å². The van der Waals surface area contributed by atoms with Crippen molar-refractivity contribution in [2.75, 3.05) is 12.3 Å². The van der Waals surface area contributed by atoms with Gasteiger partial charge in [0.2, 0.25) is 0 Å². The molecule has 1 aromatic carbocycles. The topological polar surface area (TPSA) is 60.2 Å². The number of hydrogen-bond donors (Lipinski definition) is 1. The molecule has 1 unspecified atom stereocenters. The normalized spacial score (nSPS) is 14.6. The van der Waals surface area contributed by atoms with Crippen LogP contribution in [-0.4, -0.2) is 20.7 Å². The molecule has 2 N–H and O–H groups in total. The highest BCUT2D eigenvalue weighted by atomic mass is 32.3. The average Bonchev–Trinajstić information content (AvgIpc) is 2.15. The Morgan fingerprint density at radius 3 is 2.24 bits per heavy atom. The first kappa shape index (κ1) is 14.1. The van der Waals surface area contributed by atoms with E-state index in [1.807, 2.05) is 30.3 Å². The maximum absolute atomic E-state index is 12.8. The Bertz CT molecular complexity index is 457. The third-order valence-electron chi connectivity index (χ3n) is 2.93. The lowest BCUT2D eigenvalue weighted by Gasteiger charge is -2.32. The van der Waals surface area contributed by atoms with Gasteiger partial charge in [-0.25, -0.2) is 0 Å². The average molecular weight is 259 g/mol. The molecule has 96 valence electrons.